The van der Waals surface area contributed by atoms with E-state index in [2.05, 4.69) is 15.0 Å². The summed E-state index contributed by atoms with van der Waals surface area (Å²) in [5.41, 5.74) is -1.13. The number of halogens is 3. The molecule has 1 atom stereocenters. The molecule has 0 fully saturated rings. The van der Waals surface area contributed by atoms with Gasteiger partial charge in [0.1, 0.15) is 10.6 Å². The molecule has 0 aromatic carbocycles. The molecule has 114 valence electrons. The van der Waals surface area contributed by atoms with Crippen molar-refractivity contribution in [3.63, 3.8) is 0 Å². The van der Waals surface area contributed by atoms with Crippen molar-refractivity contribution in [3.05, 3.63) is 24.0 Å². The largest absolute Gasteiger partial charge is 0.433 e. The number of nitrogens with one attached hydrogen (secondary N) is 2. The number of sulfonamides is 1. The van der Waals surface area contributed by atoms with E-state index in [0.29, 0.717) is 18.8 Å². The number of likely N-dealkylation sites (N-methyl/N-ethyl adjacent to an activating group) is 1. The van der Waals surface area contributed by atoms with Gasteiger partial charge in [0.05, 0.1) is 0 Å². The van der Waals surface area contributed by atoms with Crippen LogP contribution in [0.4, 0.5) is 13.2 Å². The Labute approximate surface area is 115 Å². The monoisotopic (exact) mass is 311 g/mol. The molecule has 1 rings (SSSR count). The van der Waals surface area contributed by atoms with Crippen molar-refractivity contribution >= 4 is 10.0 Å². The van der Waals surface area contributed by atoms with Crippen molar-refractivity contribution in [1.29, 1.82) is 0 Å². The molecule has 1 aromatic rings. The Morgan fingerprint density at radius 3 is 2.45 bits per heavy atom. The fourth-order valence-electron chi connectivity index (χ4n) is 1.45. The van der Waals surface area contributed by atoms with Gasteiger partial charge in [-0.2, -0.15) is 13.2 Å². The Hall–Kier alpha value is -1.19. The molecule has 0 amide bonds. The third kappa shape index (κ3) is 4.73. The molecule has 1 heterocycles. The summed E-state index contributed by atoms with van der Waals surface area (Å²) in [6.07, 6.45) is -3.89. The number of pyridine rings is 1. The van der Waals surface area contributed by atoms with E-state index >= 15 is 0 Å². The van der Waals surface area contributed by atoms with E-state index in [-0.39, 0.29) is 17.5 Å². The highest BCUT2D eigenvalue weighted by molar-refractivity contribution is 7.89. The molecular weight excluding hydrogens is 295 g/mol. The maximum atomic E-state index is 12.3. The first-order valence-corrected chi connectivity index (χ1v) is 7.41. The van der Waals surface area contributed by atoms with E-state index < -0.39 is 21.9 Å². The summed E-state index contributed by atoms with van der Waals surface area (Å²) in [4.78, 5) is 2.82. The molecule has 0 spiro atoms. The molecule has 0 bridgehead atoms. The third-order valence-electron chi connectivity index (χ3n) is 2.47. The molecule has 20 heavy (non-hydrogen) atoms. The molecule has 0 unspecified atom stereocenters. The normalized spacial score (nSPS) is 14.2. The van der Waals surface area contributed by atoms with Gasteiger partial charge < -0.3 is 5.32 Å². The second-order valence-corrected chi connectivity index (χ2v) is 5.95. The average Bonchev–Trinajstić information content (AvgIpc) is 2.36. The lowest BCUT2D eigenvalue weighted by Crippen LogP contribution is -2.38. The average molecular weight is 311 g/mol. The molecule has 5 nitrogen and oxygen atoms in total. The maximum Gasteiger partial charge on any atom is 0.433 e. The summed E-state index contributed by atoms with van der Waals surface area (Å²) >= 11 is 0. The summed E-state index contributed by atoms with van der Waals surface area (Å²) < 4.78 is 62.9. The molecule has 1 aromatic heterocycles. The van der Waals surface area contributed by atoms with Crippen LogP contribution in [0, 0.1) is 0 Å². The van der Waals surface area contributed by atoms with Gasteiger partial charge in [0.15, 0.2) is 0 Å². The molecule has 0 saturated heterocycles. The lowest BCUT2D eigenvalue weighted by atomic mass is 10.3. The Bertz CT molecular complexity index is 529. The van der Waals surface area contributed by atoms with E-state index in [0.717, 1.165) is 6.07 Å². The van der Waals surface area contributed by atoms with Crippen molar-refractivity contribution in [2.75, 3.05) is 13.1 Å². The Balaban J connectivity index is 2.78. The van der Waals surface area contributed by atoms with Crippen LogP contribution in [0.3, 0.4) is 0 Å². The zero-order chi connectivity index (χ0) is 15.4. The summed E-state index contributed by atoms with van der Waals surface area (Å²) in [6.45, 7) is 4.49. The van der Waals surface area contributed by atoms with Crippen LogP contribution < -0.4 is 10.0 Å². The first-order chi connectivity index (χ1) is 9.16. The second kappa shape index (κ2) is 6.51. The van der Waals surface area contributed by atoms with Crippen molar-refractivity contribution in [2.24, 2.45) is 0 Å². The molecular formula is C11H16F3N3O2S. The van der Waals surface area contributed by atoms with Crippen molar-refractivity contribution in [1.82, 2.24) is 15.0 Å². The molecule has 0 radical (unpaired) electrons. The molecule has 0 aliphatic carbocycles. The van der Waals surface area contributed by atoms with Gasteiger partial charge in [-0.1, -0.05) is 6.92 Å². The predicted octanol–water partition coefficient (Wildman–Crippen LogP) is 1.38. The topological polar surface area (TPSA) is 71.1 Å². The van der Waals surface area contributed by atoms with Crippen LogP contribution in [0.1, 0.15) is 19.5 Å². The summed E-state index contributed by atoms with van der Waals surface area (Å²) in [5.74, 6) is 0. The number of hydrogen-bond donors (Lipinski definition) is 2. The minimum atomic E-state index is -4.59. The summed E-state index contributed by atoms with van der Waals surface area (Å²) in [5, 5.41) is 3.01. The first kappa shape index (κ1) is 16.9. The maximum absolute atomic E-state index is 12.3. The first-order valence-electron chi connectivity index (χ1n) is 5.93. The van der Waals surface area contributed by atoms with Crippen LogP contribution in [0.2, 0.25) is 0 Å². The highest BCUT2D eigenvalue weighted by Gasteiger charge is 2.32. The van der Waals surface area contributed by atoms with E-state index in [1.165, 1.54) is 0 Å². The molecule has 0 aliphatic rings. The van der Waals surface area contributed by atoms with Gasteiger partial charge in [-0.25, -0.2) is 13.1 Å². The van der Waals surface area contributed by atoms with Gasteiger partial charge in [-0.05, 0) is 25.6 Å². The van der Waals surface area contributed by atoms with Crippen molar-refractivity contribution in [3.8, 4) is 0 Å². The van der Waals surface area contributed by atoms with Crippen LogP contribution in [-0.4, -0.2) is 32.5 Å². The van der Waals surface area contributed by atoms with E-state index in [1.807, 2.05) is 6.92 Å². The highest BCUT2D eigenvalue weighted by atomic mass is 32.2. The summed E-state index contributed by atoms with van der Waals surface area (Å²) in [6, 6.07) is 1.44. The van der Waals surface area contributed by atoms with Crippen molar-refractivity contribution < 1.29 is 21.6 Å². The predicted molar refractivity (Wildman–Crippen MR) is 67.6 cm³/mol. The Kier molecular flexibility index (Phi) is 5.49. The lowest BCUT2D eigenvalue weighted by molar-refractivity contribution is -0.141. The standard InChI is InChI=1S/C11H16F3N3O2S/c1-3-15-8(2)6-17-20(18,19)9-4-5-10(16-7-9)11(12,13)14/h4-5,7-8,15,17H,3,6H2,1-2H3/t8-/m1/s1. The van der Waals surface area contributed by atoms with Crippen LogP contribution in [0.15, 0.2) is 23.2 Å². The van der Waals surface area contributed by atoms with Crippen LogP contribution in [0.25, 0.3) is 0 Å². The van der Waals surface area contributed by atoms with Gasteiger partial charge in [-0.15, -0.1) is 0 Å². The number of nitrogens with zero attached hydrogens (tertiary/aromatic N) is 1. The van der Waals surface area contributed by atoms with Crippen LogP contribution in [0.5, 0.6) is 0 Å². The fraction of sp³-hybridized carbons (Fsp3) is 0.545. The number of aromatic nitrogens is 1. The molecule has 0 saturated carbocycles. The van der Waals surface area contributed by atoms with Gasteiger partial charge >= 0.3 is 6.18 Å². The van der Waals surface area contributed by atoms with Gasteiger partial charge in [0, 0.05) is 18.8 Å². The van der Waals surface area contributed by atoms with Crippen LogP contribution in [-0.2, 0) is 16.2 Å². The van der Waals surface area contributed by atoms with Gasteiger partial charge in [-0.3, -0.25) is 4.98 Å². The van der Waals surface area contributed by atoms with E-state index in [4.69, 9.17) is 0 Å². The quantitative estimate of drug-likeness (QED) is 0.832. The van der Waals surface area contributed by atoms with Gasteiger partial charge in [0.25, 0.3) is 0 Å². The zero-order valence-electron chi connectivity index (χ0n) is 11.0. The SMILES string of the molecule is CCN[C@H](C)CNS(=O)(=O)c1ccc(C(F)(F)F)nc1. The van der Waals surface area contributed by atoms with Crippen LogP contribution >= 0.6 is 0 Å². The summed E-state index contributed by atoms with van der Waals surface area (Å²) in [7, 11) is -3.86. The minimum absolute atomic E-state index is 0.0859. The Morgan fingerprint density at radius 2 is 2.00 bits per heavy atom. The van der Waals surface area contributed by atoms with Gasteiger partial charge in [0.2, 0.25) is 10.0 Å². The smallest absolute Gasteiger partial charge is 0.313 e. The molecule has 2 N–H and O–H groups in total. The molecule has 9 heteroatoms. The minimum Gasteiger partial charge on any atom is -0.313 e. The van der Waals surface area contributed by atoms with Crippen molar-refractivity contribution in [2.45, 2.75) is 31.0 Å². The highest BCUT2D eigenvalue weighted by Crippen LogP contribution is 2.27. The Morgan fingerprint density at radius 1 is 1.35 bits per heavy atom. The van der Waals surface area contributed by atoms with E-state index in [1.54, 1.807) is 6.92 Å². The second-order valence-electron chi connectivity index (χ2n) is 4.19. The fourth-order valence-corrected chi connectivity index (χ4v) is 2.52. The lowest BCUT2D eigenvalue weighted by Gasteiger charge is -2.13. The zero-order valence-corrected chi connectivity index (χ0v) is 11.8. The number of rotatable bonds is 6. The molecule has 0 aliphatic heterocycles. The third-order valence-corrected chi connectivity index (χ3v) is 3.88. The number of hydrogen-bond acceptors (Lipinski definition) is 4. The van der Waals surface area contributed by atoms with E-state index in [9.17, 15) is 21.6 Å². The number of alkyl halides is 3.